The van der Waals surface area contributed by atoms with Crippen LogP contribution in [0.25, 0.3) is 0 Å². The maximum absolute atomic E-state index is 14.3. The monoisotopic (exact) mass is 287 g/mol. The molecule has 1 aromatic rings. The second-order valence-corrected chi connectivity index (χ2v) is 5.26. The quantitative estimate of drug-likeness (QED) is 0.743. The molecule has 0 amide bonds. The molecule has 1 fully saturated rings. The van der Waals surface area contributed by atoms with Gasteiger partial charge in [-0.1, -0.05) is 11.6 Å². The van der Waals surface area contributed by atoms with Crippen LogP contribution in [0.15, 0.2) is 6.07 Å². The van der Waals surface area contributed by atoms with Crippen molar-refractivity contribution in [3.8, 4) is 0 Å². The number of aliphatic hydroxyl groups excluding tert-OH is 1. The lowest BCUT2D eigenvalue weighted by molar-refractivity contribution is 0.279. The van der Waals surface area contributed by atoms with E-state index in [0.717, 1.165) is 25.8 Å². The second kappa shape index (κ2) is 5.84. The van der Waals surface area contributed by atoms with Crippen molar-refractivity contribution in [1.29, 1.82) is 0 Å². The van der Waals surface area contributed by atoms with Gasteiger partial charge >= 0.3 is 0 Å². The van der Waals surface area contributed by atoms with Crippen molar-refractivity contribution in [3.63, 3.8) is 0 Å². The standard InChI is InChI=1S/C13H19ClFN3O/c14-11-9(16)7-10(17)13(12(11)15)18-5-1-3-8(18)4-2-6-19/h7-8,19H,1-6,16-17H2. The Morgan fingerprint density at radius 2 is 2.16 bits per heavy atom. The fourth-order valence-corrected chi connectivity index (χ4v) is 2.85. The number of hydrogen-bond donors (Lipinski definition) is 3. The molecule has 0 aliphatic carbocycles. The molecule has 1 heterocycles. The van der Waals surface area contributed by atoms with Crippen LogP contribution in [-0.4, -0.2) is 24.3 Å². The second-order valence-electron chi connectivity index (χ2n) is 4.89. The third-order valence-corrected chi connectivity index (χ3v) is 3.98. The minimum atomic E-state index is -0.546. The van der Waals surface area contributed by atoms with Crippen LogP contribution in [0, 0.1) is 5.82 Å². The highest BCUT2D eigenvalue weighted by molar-refractivity contribution is 6.33. The van der Waals surface area contributed by atoms with Crippen molar-refractivity contribution in [2.45, 2.75) is 31.7 Å². The summed E-state index contributed by atoms with van der Waals surface area (Å²) in [5, 5.41) is 8.85. The minimum Gasteiger partial charge on any atom is -0.397 e. The summed E-state index contributed by atoms with van der Waals surface area (Å²) < 4.78 is 14.3. The molecule has 0 saturated carbocycles. The first-order chi connectivity index (χ1) is 9.06. The molecule has 4 nitrogen and oxygen atoms in total. The number of hydrogen-bond acceptors (Lipinski definition) is 4. The van der Waals surface area contributed by atoms with E-state index < -0.39 is 5.82 Å². The number of rotatable bonds is 4. The summed E-state index contributed by atoms with van der Waals surface area (Å²) in [6.45, 7) is 0.891. The molecule has 1 saturated heterocycles. The normalized spacial score (nSPS) is 19.1. The van der Waals surface area contributed by atoms with E-state index in [1.165, 1.54) is 6.07 Å². The third kappa shape index (κ3) is 2.72. The van der Waals surface area contributed by atoms with Crippen LogP contribution in [0.5, 0.6) is 0 Å². The molecule has 1 unspecified atom stereocenters. The van der Waals surface area contributed by atoms with E-state index in [-0.39, 0.29) is 23.4 Å². The van der Waals surface area contributed by atoms with Gasteiger partial charge in [0.2, 0.25) is 0 Å². The SMILES string of the molecule is Nc1cc(N)c(N2CCCC2CCCO)c(F)c1Cl. The summed E-state index contributed by atoms with van der Waals surface area (Å²) in [7, 11) is 0. The van der Waals surface area contributed by atoms with Gasteiger partial charge in [0.1, 0.15) is 5.02 Å². The highest BCUT2D eigenvalue weighted by Gasteiger charge is 2.29. The lowest BCUT2D eigenvalue weighted by Crippen LogP contribution is -2.31. The average Bonchev–Trinajstić information content (AvgIpc) is 2.82. The maximum atomic E-state index is 14.3. The Balaban J connectivity index is 2.33. The van der Waals surface area contributed by atoms with Crippen LogP contribution >= 0.6 is 11.6 Å². The predicted octanol–water partition coefficient (Wildman–Crippen LogP) is 2.38. The smallest absolute Gasteiger partial charge is 0.169 e. The Morgan fingerprint density at radius 3 is 2.84 bits per heavy atom. The fourth-order valence-electron chi connectivity index (χ4n) is 2.71. The van der Waals surface area contributed by atoms with E-state index >= 15 is 0 Å². The van der Waals surface area contributed by atoms with E-state index in [0.29, 0.717) is 17.8 Å². The van der Waals surface area contributed by atoms with Gasteiger partial charge in [-0.25, -0.2) is 4.39 Å². The van der Waals surface area contributed by atoms with Gasteiger partial charge in [0.15, 0.2) is 5.82 Å². The van der Waals surface area contributed by atoms with E-state index in [4.69, 9.17) is 28.2 Å². The predicted molar refractivity (Wildman–Crippen MR) is 76.9 cm³/mol. The van der Waals surface area contributed by atoms with E-state index in [1.807, 2.05) is 4.90 Å². The molecular formula is C13H19ClFN3O. The highest BCUT2D eigenvalue weighted by Crippen LogP contribution is 2.39. The van der Waals surface area contributed by atoms with Crippen molar-refractivity contribution in [3.05, 3.63) is 16.9 Å². The lowest BCUT2D eigenvalue weighted by Gasteiger charge is -2.29. The van der Waals surface area contributed by atoms with E-state index in [1.54, 1.807) is 0 Å². The Hall–Kier alpha value is -1.20. The molecule has 1 aliphatic heterocycles. The number of halogens is 2. The summed E-state index contributed by atoms with van der Waals surface area (Å²) in [6.07, 6.45) is 3.47. The third-order valence-electron chi connectivity index (χ3n) is 3.60. The van der Waals surface area contributed by atoms with Gasteiger partial charge < -0.3 is 21.5 Å². The van der Waals surface area contributed by atoms with Crippen LogP contribution in [-0.2, 0) is 0 Å². The molecule has 19 heavy (non-hydrogen) atoms. The van der Waals surface area contributed by atoms with Gasteiger partial charge in [0, 0.05) is 19.2 Å². The first kappa shape index (κ1) is 14.2. The average molecular weight is 288 g/mol. The van der Waals surface area contributed by atoms with Crippen LogP contribution in [0.4, 0.5) is 21.5 Å². The molecule has 0 aromatic heterocycles. The first-order valence-electron chi connectivity index (χ1n) is 6.46. The van der Waals surface area contributed by atoms with Gasteiger partial charge in [0.25, 0.3) is 0 Å². The van der Waals surface area contributed by atoms with Crippen LogP contribution in [0.1, 0.15) is 25.7 Å². The molecule has 1 aromatic carbocycles. The van der Waals surface area contributed by atoms with Crippen LogP contribution in [0.3, 0.4) is 0 Å². The minimum absolute atomic E-state index is 0.0722. The Kier molecular flexibility index (Phi) is 4.37. The van der Waals surface area contributed by atoms with Crippen molar-refractivity contribution in [2.24, 2.45) is 0 Å². The first-order valence-corrected chi connectivity index (χ1v) is 6.84. The maximum Gasteiger partial charge on any atom is 0.169 e. The number of aliphatic hydroxyl groups is 1. The zero-order valence-corrected chi connectivity index (χ0v) is 11.5. The van der Waals surface area contributed by atoms with Crippen molar-refractivity contribution < 1.29 is 9.50 Å². The number of nitrogens with two attached hydrogens (primary N) is 2. The largest absolute Gasteiger partial charge is 0.397 e. The molecule has 1 aliphatic rings. The molecule has 0 bridgehead atoms. The van der Waals surface area contributed by atoms with Gasteiger partial charge in [-0.15, -0.1) is 0 Å². The molecule has 106 valence electrons. The summed E-state index contributed by atoms with van der Waals surface area (Å²) in [6, 6.07) is 1.70. The van der Waals surface area contributed by atoms with Crippen LogP contribution in [0.2, 0.25) is 5.02 Å². The van der Waals surface area contributed by atoms with Crippen molar-refractivity contribution in [2.75, 3.05) is 29.5 Å². The molecule has 5 N–H and O–H groups in total. The molecular weight excluding hydrogens is 269 g/mol. The van der Waals surface area contributed by atoms with Crippen LogP contribution < -0.4 is 16.4 Å². The summed E-state index contributed by atoms with van der Waals surface area (Å²) in [4.78, 5) is 1.95. The lowest BCUT2D eigenvalue weighted by atomic mass is 10.1. The summed E-state index contributed by atoms with van der Waals surface area (Å²) >= 11 is 5.86. The molecule has 1 atom stereocenters. The van der Waals surface area contributed by atoms with Gasteiger partial charge in [0.05, 0.1) is 17.1 Å². The number of nitrogen functional groups attached to an aromatic ring is 2. The molecule has 6 heteroatoms. The Bertz CT molecular complexity index is 470. The summed E-state index contributed by atoms with van der Waals surface area (Å²) in [5.74, 6) is -0.546. The zero-order valence-electron chi connectivity index (χ0n) is 10.7. The number of benzene rings is 1. The van der Waals surface area contributed by atoms with Gasteiger partial charge in [-0.2, -0.15) is 0 Å². The van der Waals surface area contributed by atoms with Gasteiger partial charge in [-0.05, 0) is 31.7 Å². The fraction of sp³-hybridized carbons (Fsp3) is 0.538. The Morgan fingerprint density at radius 1 is 1.42 bits per heavy atom. The van der Waals surface area contributed by atoms with E-state index in [9.17, 15) is 4.39 Å². The Labute approximate surface area is 117 Å². The van der Waals surface area contributed by atoms with E-state index in [2.05, 4.69) is 0 Å². The highest BCUT2D eigenvalue weighted by atomic mass is 35.5. The van der Waals surface area contributed by atoms with Gasteiger partial charge in [-0.3, -0.25) is 0 Å². The van der Waals surface area contributed by atoms with Crippen molar-refractivity contribution >= 4 is 28.7 Å². The molecule has 0 spiro atoms. The van der Waals surface area contributed by atoms with Crippen molar-refractivity contribution in [1.82, 2.24) is 0 Å². The zero-order chi connectivity index (χ0) is 14.0. The topological polar surface area (TPSA) is 75.5 Å². The molecule has 0 radical (unpaired) electrons. The number of nitrogens with zero attached hydrogens (tertiary/aromatic N) is 1. The summed E-state index contributed by atoms with van der Waals surface area (Å²) in [5.41, 5.74) is 12.3. The number of anilines is 3. The molecule has 2 rings (SSSR count).